The first kappa shape index (κ1) is 28.1. The maximum Gasteiger partial charge on any atom is 0.328 e. The van der Waals surface area contributed by atoms with E-state index in [1.165, 1.54) is 29.0 Å². The molecular weight excluding hydrogens is 565 g/mol. The molecule has 3 aliphatic heterocycles. The molecule has 3 aliphatic rings. The summed E-state index contributed by atoms with van der Waals surface area (Å²) in [4.78, 5) is 73.0. The Morgan fingerprint density at radius 1 is 1.16 bits per heavy atom. The van der Waals surface area contributed by atoms with Gasteiger partial charge in [0.2, 0.25) is 5.91 Å². The van der Waals surface area contributed by atoms with Crippen molar-refractivity contribution in [2.45, 2.75) is 39.3 Å². The fraction of sp³-hybridized carbons (Fsp3) is 0.379. The average molecular weight is 594 g/mol. The predicted molar refractivity (Wildman–Crippen MR) is 146 cm³/mol. The summed E-state index contributed by atoms with van der Waals surface area (Å²) in [6, 6.07) is 6.71. The largest absolute Gasteiger partial charge is 0.494 e. The lowest BCUT2D eigenvalue weighted by Crippen LogP contribution is -2.52. The van der Waals surface area contributed by atoms with Crippen LogP contribution in [-0.4, -0.2) is 71.4 Å². The van der Waals surface area contributed by atoms with Gasteiger partial charge in [-0.2, -0.15) is 0 Å². The number of esters is 1. The molecular formula is C29H28FN5O8. The molecule has 1 N–H and O–H groups in total. The summed E-state index contributed by atoms with van der Waals surface area (Å²) >= 11 is 0. The van der Waals surface area contributed by atoms with Gasteiger partial charge in [-0.25, -0.2) is 19.1 Å². The summed E-state index contributed by atoms with van der Waals surface area (Å²) in [5.41, 5.74) is -2.12. The number of imide groups is 1. The second-order valence-corrected chi connectivity index (χ2v) is 11.6. The van der Waals surface area contributed by atoms with Crippen LogP contribution in [0.3, 0.4) is 0 Å². The minimum absolute atomic E-state index is 0.0492. The molecule has 14 heteroatoms. The first-order valence-corrected chi connectivity index (χ1v) is 13.5. The minimum Gasteiger partial charge on any atom is -0.494 e. The maximum absolute atomic E-state index is 15.1. The van der Waals surface area contributed by atoms with Crippen LogP contribution in [0.2, 0.25) is 0 Å². The molecule has 5 heterocycles. The molecule has 2 aromatic heterocycles. The minimum atomic E-state index is -1.98. The summed E-state index contributed by atoms with van der Waals surface area (Å²) in [5, 5.41) is 2.63. The van der Waals surface area contributed by atoms with Crippen LogP contribution in [-0.2, 0) is 31.2 Å². The average Bonchev–Trinajstić information content (AvgIpc) is 3.59. The Morgan fingerprint density at radius 2 is 1.93 bits per heavy atom. The van der Waals surface area contributed by atoms with Crippen molar-refractivity contribution in [3.63, 3.8) is 0 Å². The number of carbonyl (C=O) groups is 5. The van der Waals surface area contributed by atoms with Gasteiger partial charge in [0.1, 0.15) is 17.1 Å². The van der Waals surface area contributed by atoms with Gasteiger partial charge in [-0.15, -0.1) is 0 Å². The van der Waals surface area contributed by atoms with Crippen molar-refractivity contribution in [3.05, 3.63) is 53.0 Å². The van der Waals surface area contributed by atoms with E-state index in [0.717, 1.165) is 0 Å². The number of urea groups is 1. The smallest absolute Gasteiger partial charge is 0.328 e. The topological polar surface area (TPSA) is 152 Å². The molecule has 2 fully saturated rings. The lowest BCUT2D eigenvalue weighted by atomic mass is 9.95. The second kappa shape index (κ2) is 9.78. The van der Waals surface area contributed by atoms with E-state index in [4.69, 9.17) is 13.9 Å². The number of hydrogen-bond acceptors (Lipinski definition) is 9. The summed E-state index contributed by atoms with van der Waals surface area (Å²) < 4.78 is 31.4. The number of nitrogens with one attached hydrogen (secondary N) is 1. The van der Waals surface area contributed by atoms with Gasteiger partial charge in [-0.1, -0.05) is 6.07 Å². The van der Waals surface area contributed by atoms with Crippen molar-refractivity contribution in [1.29, 1.82) is 0 Å². The zero-order valence-corrected chi connectivity index (χ0v) is 23.9. The third kappa shape index (κ3) is 4.44. The second-order valence-electron chi connectivity index (χ2n) is 11.6. The van der Waals surface area contributed by atoms with Crippen LogP contribution in [0.15, 0.2) is 34.7 Å². The van der Waals surface area contributed by atoms with Crippen molar-refractivity contribution in [2.24, 2.45) is 5.41 Å². The van der Waals surface area contributed by atoms with E-state index in [0.29, 0.717) is 34.8 Å². The van der Waals surface area contributed by atoms with E-state index >= 15 is 4.39 Å². The zero-order chi connectivity index (χ0) is 30.8. The molecule has 43 heavy (non-hydrogen) atoms. The third-order valence-electron chi connectivity index (χ3n) is 7.72. The predicted octanol–water partition coefficient (Wildman–Crippen LogP) is 2.66. The molecule has 5 amide bonds. The molecule has 2 saturated heterocycles. The number of methoxy groups -OCH3 is 1. The molecule has 0 spiro atoms. The quantitative estimate of drug-likeness (QED) is 0.248. The van der Waals surface area contributed by atoms with Gasteiger partial charge in [0.25, 0.3) is 11.8 Å². The number of carbonyl (C=O) groups excluding carboxylic acids is 5. The normalized spacial score (nSPS) is 20.1. The number of aromatic nitrogens is 1. The number of rotatable bonds is 7. The first-order chi connectivity index (χ1) is 20.3. The monoisotopic (exact) mass is 593 g/mol. The number of β-lactam (4-membered cyclic amide) rings is 1. The highest BCUT2D eigenvalue weighted by atomic mass is 19.1. The Balaban J connectivity index is 1.38. The van der Waals surface area contributed by atoms with Gasteiger partial charge in [0.15, 0.2) is 29.4 Å². The van der Waals surface area contributed by atoms with Crippen LogP contribution in [0, 0.1) is 11.2 Å². The van der Waals surface area contributed by atoms with Crippen LogP contribution >= 0.6 is 0 Å². The lowest BCUT2D eigenvalue weighted by molar-refractivity contribution is -0.158. The van der Waals surface area contributed by atoms with E-state index in [-0.39, 0.29) is 35.1 Å². The standard InChI is InChI=1S/C29H28FN5O8/c1-28(2,3)26(39)42-14-35-25(38)29(32-27(35)40,13-33-12-15-5-6-18(41-4)23(30)22(15)24(33)37)19-11-16-17(43-19)7-8-20(31-16)34-10-9-21(34)36/h5-8,11H,9-10,12-14H2,1-4H3,(H,32,40)/t29-/m0/s1. The fourth-order valence-electron chi connectivity index (χ4n) is 5.23. The summed E-state index contributed by atoms with van der Waals surface area (Å²) in [7, 11) is 1.28. The number of benzene rings is 1. The molecule has 0 aliphatic carbocycles. The van der Waals surface area contributed by atoms with Gasteiger partial charge in [-0.05, 0) is 44.5 Å². The highest BCUT2D eigenvalue weighted by Crippen LogP contribution is 2.38. The molecule has 0 unspecified atom stereocenters. The van der Waals surface area contributed by atoms with Crippen molar-refractivity contribution < 1.29 is 42.3 Å². The Bertz CT molecular complexity index is 1730. The van der Waals surface area contributed by atoms with Crippen LogP contribution in [0.4, 0.5) is 15.0 Å². The number of anilines is 1. The van der Waals surface area contributed by atoms with E-state index < -0.39 is 53.9 Å². The Hall–Kier alpha value is -5.01. The number of pyridine rings is 1. The SMILES string of the molecule is COc1ccc2c(c1F)C(=O)N(C[C@@]1(c3cc4nc(N5CCC5=O)ccc4o3)NC(=O)N(COC(=O)C(C)(C)C)C1=O)C2. The molecule has 224 valence electrons. The highest BCUT2D eigenvalue weighted by molar-refractivity contribution is 6.08. The van der Waals surface area contributed by atoms with Crippen molar-refractivity contribution >= 4 is 46.6 Å². The number of furan rings is 1. The molecule has 13 nitrogen and oxygen atoms in total. The van der Waals surface area contributed by atoms with E-state index in [1.807, 2.05) is 0 Å². The van der Waals surface area contributed by atoms with Gasteiger partial charge in [0.05, 0.1) is 24.6 Å². The molecule has 0 saturated carbocycles. The van der Waals surface area contributed by atoms with Gasteiger partial charge >= 0.3 is 12.0 Å². The molecule has 1 atom stereocenters. The maximum atomic E-state index is 15.1. The van der Waals surface area contributed by atoms with E-state index in [1.54, 1.807) is 39.0 Å². The third-order valence-corrected chi connectivity index (χ3v) is 7.72. The summed E-state index contributed by atoms with van der Waals surface area (Å²) in [6.07, 6.45) is 0.411. The number of fused-ring (bicyclic) bond motifs is 2. The van der Waals surface area contributed by atoms with E-state index in [9.17, 15) is 24.0 Å². The zero-order valence-electron chi connectivity index (χ0n) is 23.9. The van der Waals surface area contributed by atoms with Gasteiger partial charge < -0.3 is 24.1 Å². The number of ether oxygens (including phenoxy) is 2. The van der Waals surface area contributed by atoms with Crippen molar-refractivity contribution in [1.82, 2.24) is 20.1 Å². The van der Waals surface area contributed by atoms with Crippen molar-refractivity contribution in [3.8, 4) is 5.75 Å². The summed E-state index contributed by atoms with van der Waals surface area (Å²) in [5.74, 6) is -2.87. The summed E-state index contributed by atoms with van der Waals surface area (Å²) in [6.45, 7) is 4.22. The van der Waals surface area contributed by atoms with Crippen LogP contribution in [0.1, 0.15) is 48.9 Å². The molecule has 3 aromatic rings. The molecule has 1 aromatic carbocycles. The van der Waals surface area contributed by atoms with Gasteiger partial charge in [-0.3, -0.25) is 24.1 Å². The van der Waals surface area contributed by atoms with Crippen LogP contribution in [0.5, 0.6) is 5.75 Å². The molecule has 0 radical (unpaired) electrons. The van der Waals surface area contributed by atoms with Crippen LogP contribution < -0.4 is 15.0 Å². The first-order valence-electron chi connectivity index (χ1n) is 13.5. The Morgan fingerprint density at radius 3 is 2.58 bits per heavy atom. The van der Waals surface area contributed by atoms with E-state index in [2.05, 4.69) is 10.3 Å². The number of hydrogen-bond donors (Lipinski definition) is 1. The van der Waals surface area contributed by atoms with Crippen LogP contribution in [0.25, 0.3) is 11.1 Å². The highest BCUT2D eigenvalue weighted by Gasteiger charge is 2.57. The number of halogens is 1. The Kier molecular flexibility index (Phi) is 6.40. The molecule has 0 bridgehead atoms. The number of amides is 5. The lowest BCUT2D eigenvalue weighted by Gasteiger charge is -2.29. The Labute approximate surface area is 244 Å². The fourth-order valence-corrected chi connectivity index (χ4v) is 5.23. The number of nitrogens with zero attached hydrogens (tertiary/aromatic N) is 4. The van der Waals surface area contributed by atoms with Crippen molar-refractivity contribution in [2.75, 3.05) is 31.8 Å². The molecule has 6 rings (SSSR count). The van der Waals surface area contributed by atoms with Gasteiger partial charge in [0, 0.05) is 25.6 Å².